The van der Waals surface area contributed by atoms with Gasteiger partial charge in [0, 0.05) is 58.9 Å². The van der Waals surface area contributed by atoms with Gasteiger partial charge in [0.25, 0.3) is 0 Å². The fourth-order valence-corrected chi connectivity index (χ4v) is 6.18. The third kappa shape index (κ3) is 8.96. The minimum Gasteiger partial charge on any atom is -0.493 e. The normalized spacial score (nSPS) is 22.0. The molecule has 4 bridgehead atoms. The van der Waals surface area contributed by atoms with E-state index in [0.29, 0.717) is 95.4 Å². The Morgan fingerprint density at radius 3 is 2.67 bits per heavy atom. The summed E-state index contributed by atoms with van der Waals surface area (Å²) in [5, 5.41) is 3.13. The molecule has 2 aromatic rings. The van der Waals surface area contributed by atoms with Crippen LogP contribution >= 0.6 is 0 Å². The van der Waals surface area contributed by atoms with Gasteiger partial charge in [0.15, 0.2) is 11.5 Å². The summed E-state index contributed by atoms with van der Waals surface area (Å²) in [6, 6.07) is 12.9. The van der Waals surface area contributed by atoms with Crippen LogP contribution in [0.25, 0.3) is 0 Å². The zero-order chi connectivity index (χ0) is 31.6. The molecule has 3 amide bonds. The number of fused-ring (bicyclic) bond motifs is 9. The molecule has 1 N–H and O–H groups in total. The van der Waals surface area contributed by atoms with Crippen LogP contribution in [-0.4, -0.2) is 99.9 Å². The van der Waals surface area contributed by atoms with Gasteiger partial charge in [0.2, 0.25) is 17.7 Å². The Kier molecular flexibility index (Phi) is 11.7. The monoisotopic (exact) mass is 623 g/mol. The van der Waals surface area contributed by atoms with Crippen LogP contribution in [-0.2, 0) is 41.6 Å². The number of carbonyl (C=O) groups is 3. The van der Waals surface area contributed by atoms with Gasteiger partial charge >= 0.3 is 0 Å². The number of likely N-dealkylation sites (tertiary alicyclic amines) is 1. The van der Waals surface area contributed by atoms with Crippen molar-refractivity contribution < 1.29 is 38.1 Å². The van der Waals surface area contributed by atoms with E-state index in [2.05, 4.69) is 5.32 Å². The number of methoxy groups -OCH3 is 2. The van der Waals surface area contributed by atoms with Crippen LogP contribution < -0.4 is 14.8 Å². The molecule has 244 valence electrons. The third-order valence-corrected chi connectivity index (χ3v) is 8.69. The quantitative estimate of drug-likeness (QED) is 0.488. The first-order valence-electron chi connectivity index (χ1n) is 15.9. The van der Waals surface area contributed by atoms with E-state index in [1.165, 1.54) is 0 Å². The van der Waals surface area contributed by atoms with Crippen molar-refractivity contribution in [1.82, 2.24) is 15.1 Å². The minimum absolute atomic E-state index is 0.0690. The summed E-state index contributed by atoms with van der Waals surface area (Å²) >= 11 is 0. The molecule has 4 heterocycles. The number of carbonyl (C=O) groups excluding carboxylic acids is 3. The number of hydrogen-bond acceptors (Lipinski definition) is 8. The van der Waals surface area contributed by atoms with Gasteiger partial charge in [0.05, 0.1) is 32.4 Å². The number of aryl methyl sites for hydroxylation is 1. The number of ether oxygens (including phenoxy) is 5. The first-order valence-corrected chi connectivity index (χ1v) is 15.9. The highest BCUT2D eigenvalue weighted by atomic mass is 16.5. The maximum absolute atomic E-state index is 13.5. The van der Waals surface area contributed by atoms with Crippen molar-refractivity contribution in [2.75, 3.05) is 60.2 Å². The second kappa shape index (κ2) is 16.1. The van der Waals surface area contributed by atoms with Crippen LogP contribution in [0.1, 0.15) is 43.2 Å². The number of benzene rings is 2. The number of piperidine rings is 1. The number of rotatable bonds is 6. The van der Waals surface area contributed by atoms with Crippen LogP contribution in [0, 0.1) is 5.92 Å². The summed E-state index contributed by atoms with van der Waals surface area (Å²) in [5.74, 6) is 1.41. The van der Waals surface area contributed by atoms with Gasteiger partial charge < -0.3 is 38.8 Å². The van der Waals surface area contributed by atoms with Crippen LogP contribution in [0.4, 0.5) is 0 Å². The molecular weight excluding hydrogens is 578 g/mol. The molecule has 45 heavy (non-hydrogen) atoms. The van der Waals surface area contributed by atoms with Gasteiger partial charge in [-0.25, -0.2) is 0 Å². The topological polar surface area (TPSA) is 116 Å². The molecule has 0 unspecified atom stereocenters. The fourth-order valence-electron chi connectivity index (χ4n) is 6.18. The molecule has 0 aromatic heterocycles. The number of nitrogens with zero attached hydrogens (tertiary/aromatic N) is 2. The first-order chi connectivity index (χ1) is 21.9. The first kappa shape index (κ1) is 32.7. The smallest absolute Gasteiger partial charge is 0.239 e. The van der Waals surface area contributed by atoms with E-state index in [9.17, 15) is 14.4 Å². The van der Waals surface area contributed by atoms with Crippen LogP contribution in [0.15, 0.2) is 42.5 Å². The Bertz CT molecular complexity index is 1310. The average Bonchev–Trinajstić information content (AvgIpc) is 3.06. The summed E-state index contributed by atoms with van der Waals surface area (Å²) in [4.78, 5) is 43.8. The molecule has 2 atom stereocenters. The van der Waals surface area contributed by atoms with E-state index in [-0.39, 0.29) is 42.7 Å². The minimum atomic E-state index is -0.424. The molecule has 6 rings (SSSR count). The fraction of sp³-hybridized carbons (Fsp3) is 0.559. The Morgan fingerprint density at radius 1 is 1.02 bits per heavy atom. The van der Waals surface area contributed by atoms with E-state index in [4.69, 9.17) is 23.7 Å². The zero-order valence-electron chi connectivity index (χ0n) is 26.3. The average molecular weight is 624 g/mol. The Balaban J connectivity index is 1.39. The molecule has 4 aliphatic rings. The van der Waals surface area contributed by atoms with Gasteiger partial charge in [-0.2, -0.15) is 0 Å². The Hall–Kier alpha value is -3.67. The van der Waals surface area contributed by atoms with Gasteiger partial charge in [-0.3, -0.25) is 14.4 Å². The van der Waals surface area contributed by atoms with Gasteiger partial charge in [-0.1, -0.05) is 18.2 Å². The largest absolute Gasteiger partial charge is 0.493 e. The summed E-state index contributed by atoms with van der Waals surface area (Å²) in [6.07, 6.45) is 3.00. The van der Waals surface area contributed by atoms with Gasteiger partial charge in [0.1, 0.15) is 5.75 Å². The van der Waals surface area contributed by atoms with E-state index in [0.717, 1.165) is 11.1 Å². The highest BCUT2D eigenvalue weighted by Gasteiger charge is 2.36. The lowest BCUT2D eigenvalue weighted by molar-refractivity contribution is -0.144. The molecule has 0 spiro atoms. The SMILES string of the molecule is COCCCN1CC(=O)N[C@@H]2CN(C(=O)C3CCOCC3)CC[C@@H]2OCc2cccc(c2)Oc2ccc(cc2OC)CCC1=O. The molecule has 2 aromatic carbocycles. The molecule has 11 nitrogen and oxygen atoms in total. The molecule has 4 aliphatic heterocycles. The second-order valence-corrected chi connectivity index (χ2v) is 11.9. The van der Waals surface area contributed by atoms with Crippen LogP contribution in [0.5, 0.6) is 17.2 Å². The van der Waals surface area contributed by atoms with E-state index in [1.54, 1.807) is 19.1 Å². The maximum Gasteiger partial charge on any atom is 0.239 e. The molecule has 0 aliphatic carbocycles. The summed E-state index contributed by atoms with van der Waals surface area (Å²) < 4.78 is 28.9. The van der Waals surface area contributed by atoms with E-state index >= 15 is 0 Å². The van der Waals surface area contributed by atoms with Gasteiger partial charge in [-0.15, -0.1) is 0 Å². The van der Waals surface area contributed by atoms with Crippen molar-refractivity contribution in [3.63, 3.8) is 0 Å². The summed E-state index contributed by atoms with van der Waals surface area (Å²) in [6.45, 7) is 3.16. The van der Waals surface area contributed by atoms with Crippen molar-refractivity contribution in [2.24, 2.45) is 5.92 Å². The number of nitrogens with one attached hydrogen (secondary N) is 1. The van der Waals surface area contributed by atoms with Crippen molar-refractivity contribution in [3.8, 4) is 17.2 Å². The number of hydrogen-bond donors (Lipinski definition) is 1. The van der Waals surface area contributed by atoms with Crippen molar-refractivity contribution in [3.05, 3.63) is 53.6 Å². The summed E-state index contributed by atoms with van der Waals surface area (Å²) in [5.41, 5.74) is 1.84. The van der Waals surface area contributed by atoms with Crippen molar-refractivity contribution >= 4 is 17.7 Å². The molecule has 11 heteroatoms. The summed E-state index contributed by atoms with van der Waals surface area (Å²) in [7, 11) is 3.20. The third-order valence-electron chi connectivity index (χ3n) is 8.69. The second-order valence-electron chi connectivity index (χ2n) is 11.9. The lowest BCUT2D eigenvalue weighted by Gasteiger charge is -2.40. The van der Waals surface area contributed by atoms with Gasteiger partial charge in [-0.05, 0) is 67.5 Å². The highest BCUT2D eigenvalue weighted by Crippen LogP contribution is 2.33. The maximum atomic E-state index is 13.5. The lowest BCUT2D eigenvalue weighted by Crippen LogP contribution is -2.59. The van der Waals surface area contributed by atoms with Crippen LogP contribution in [0.3, 0.4) is 0 Å². The molecule has 0 radical (unpaired) electrons. The highest BCUT2D eigenvalue weighted by molar-refractivity contribution is 5.85. The molecule has 2 fully saturated rings. The van der Waals surface area contributed by atoms with E-state index < -0.39 is 6.04 Å². The Morgan fingerprint density at radius 2 is 1.87 bits per heavy atom. The molecule has 0 saturated carbocycles. The standard InChI is InChI=1S/C34H45N3O8/c1-41-16-4-14-36-22-32(38)35-28-21-37(34(40)26-12-17-43-18-13-26)15-11-29(28)44-23-25-5-3-6-27(19-25)45-30-9-7-24(8-10-33(36)39)20-31(30)42-2/h3,5-7,9,19-20,26,28-29H,4,8,10-18,21-23H2,1-2H3,(H,35,38)/t28-,29+/m1/s1. The Labute approximate surface area is 265 Å². The lowest BCUT2D eigenvalue weighted by atomic mass is 9.95. The predicted octanol–water partition coefficient (Wildman–Crippen LogP) is 3.33. The number of amides is 3. The molecular formula is C34H45N3O8. The predicted molar refractivity (Wildman–Crippen MR) is 166 cm³/mol. The van der Waals surface area contributed by atoms with Crippen molar-refractivity contribution in [2.45, 2.75) is 57.3 Å². The van der Waals surface area contributed by atoms with Crippen LogP contribution in [0.2, 0.25) is 0 Å². The molecule has 2 saturated heterocycles. The zero-order valence-corrected chi connectivity index (χ0v) is 26.3. The van der Waals surface area contributed by atoms with Crippen molar-refractivity contribution in [1.29, 1.82) is 0 Å². The van der Waals surface area contributed by atoms with E-state index in [1.807, 2.05) is 47.4 Å².